The highest BCUT2D eigenvalue weighted by Crippen LogP contribution is 2.36. The number of rotatable bonds is 5. The first-order chi connectivity index (χ1) is 18.3. The summed E-state index contributed by atoms with van der Waals surface area (Å²) in [6, 6.07) is 9.36. The summed E-state index contributed by atoms with van der Waals surface area (Å²) >= 11 is 2.87. The van der Waals surface area contributed by atoms with Gasteiger partial charge in [-0.3, -0.25) is 4.57 Å². The van der Waals surface area contributed by atoms with Crippen LogP contribution in [0.2, 0.25) is 0 Å². The van der Waals surface area contributed by atoms with Crippen LogP contribution in [0.15, 0.2) is 59.6 Å². The Morgan fingerprint density at radius 3 is 2.31 bits per heavy atom. The molecule has 0 radical (unpaired) electrons. The molecule has 0 saturated heterocycles. The molecule has 0 fully saturated rings. The maximum absolute atomic E-state index is 13.1. The normalized spacial score (nSPS) is 11.8. The number of imidazole rings is 1. The van der Waals surface area contributed by atoms with Crippen molar-refractivity contribution in [2.24, 2.45) is 0 Å². The molecule has 2 aromatic carbocycles. The summed E-state index contributed by atoms with van der Waals surface area (Å²) < 4.78 is 46.2. The Kier molecular flexibility index (Phi) is 7.77. The first-order valence-corrected chi connectivity index (χ1v) is 12.3. The predicted octanol–water partition coefficient (Wildman–Crippen LogP) is 6.27. The Morgan fingerprint density at radius 2 is 1.64 bits per heavy atom. The van der Waals surface area contributed by atoms with Gasteiger partial charge in [-0.2, -0.15) is 13.2 Å². The monoisotopic (exact) mass is 605 g/mol. The lowest BCUT2D eigenvalue weighted by molar-refractivity contribution is -0.138. The number of hydrogen-bond donors (Lipinski definition) is 3. The number of alkyl halides is 3. The van der Waals surface area contributed by atoms with E-state index in [0.29, 0.717) is 28.2 Å². The van der Waals surface area contributed by atoms with Crippen LogP contribution in [-0.4, -0.2) is 37.2 Å². The molecule has 0 aliphatic rings. The number of amides is 3. The number of halogens is 4. The number of alkyl carbamates (subject to hydrolysis) is 1. The fraction of sp³-hybridized carbons (Fsp3) is 0.240. The van der Waals surface area contributed by atoms with Crippen LogP contribution < -0.4 is 16.0 Å². The first-order valence-electron chi connectivity index (χ1n) is 11.5. The van der Waals surface area contributed by atoms with Crippen molar-refractivity contribution in [1.82, 2.24) is 24.8 Å². The number of nitrogens with one attached hydrogen (secondary N) is 3. The zero-order valence-corrected chi connectivity index (χ0v) is 22.5. The van der Waals surface area contributed by atoms with E-state index >= 15 is 0 Å². The SMILES string of the molecule is CC(C)(C)OC(=O)NCc1ncnc2c1ncn2-c1ccc(NC(=O)Nc2ccc(Br)c(C(F)(F)F)c2)cc1. The van der Waals surface area contributed by atoms with Crippen molar-refractivity contribution in [3.63, 3.8) is 0 Å². The Bertz CT molecular complexity index is 1520. The fourth-order valence-electron chi connectivity index (χ4n) is 3.49. The van der Waals surface area contributed by atoms with Gasteiger partial charge in [0.05, 0.1) is 17.8 Å². The number of carbonyl (C=O) groups is 2. The number of urea groups is 1. The molecule has 0 aliphatic carbocycles. The third-order valence-corrected chi connectivity index (χ3v) is 5.83. The quantitative estimate of drug-likeness (QED) is 0.246. The van der Waals surface area contributed by atoms with Gasteiger partial charge in [0.15, 0.2) is 5.65 Å². The molecule has 204 valence electrons. The van der Waals surface area contributed by atoms with Gasteiger partial charge < -0.3 is 20.7 Å². The summed E-state index contributed by atoms with van der Waals surface area (Å²) in [7, 11) is 0. The van der Waals surface area contributed by atoms with Gasteiger partial charge in [-0.05, 0) is 63.2 Å². The van der Waals surface area contributed by atoms with E-state index < -0.39 is 29.5 Å². The van der Waals surface area contributed by atoms with Crippen LogP contribution in [0, 0.1) is 0 Å². The molecule has 0 spiro atoms. The Morgan fingerprint density at radius 1 is 0.974 bits per heavy atom. The van der Waals surface area contributed by atoms with Gasteiger partial charge in [-0.15, -0.1) is 0 Å². The van der Waals surface area contributed by atoms with Crippen molar-refractivity contribution in [3.05, 3.63) is 70.8 Å². The number of nitrogens with zero attached hydrogens (tertiary/aromatic N) is 4. The third-order valence-electron chi connectivity index (χ3n) is 5.14. The number of hydrogen-bond acceptors (Lipinski definition) is 6. The first kappa shape index (κ1) is 27.8. The average molecular weight is 606 g/mol. The second kappa shape index (κ2) is 10.9. The fourth-order valence-corrected chi connectivity index (χ4v) is 3.96. The highest BCUT2D eigenvalue weighted by atomic mass is 79.9. The topological polar surface area (TPSA) is 123 Å². The molecule has 14 heteroatoms. The number of benzene rings is 2. The van der Waals surface area contributed by atoms with Gasteiger partial charge in [0.25, 0.3) is 0 Å². The van der Waals surface area contributed by atoms with Crippen LogP contribution in [0.25, 0.3) is 16.9 Å². The molecule has 4 rings (SSSR count). The summed E-state index contributed by atoms with van der Waals surface area (Å²) in [5, 5.41) is 7.62. The van der Waals surface area contributed by atoms with E-state index in [4.69, 9.17) is 4.74 Å². The molecule has 3 amide bonds. The summed E-state index contributed by atoms with van der Waals surface area (Å²) in [5.41, 5.74) is 1.03. The minimum Gasteiger partial charge on any atom is -0.444 e. The van der Waals surface area contributed by atoms with Crippen LogP contribution in [0.5, 0.6) is 0 Å². The lowest BCUT2D eigenvalue weighted by atomic mass is 10.2. The predicted molar refractivity (Wildman–Crippen MR) is 142 cm³/mol. The molecule has 3 N–H and O–H groups in total. The molecule has 4 aromatic rings. The minimum atomic E-state index is -4.57. The van der Waals surface area contributed by atoms with Crippen molar-refractivity contribution < 1.29 is 27.5 Å². The van der Waals surface area contributed by atoms with Crippen LogP contribution in [0.4, 0.5) is 34.1 Å². The third kappa shape index (κ3) is 7.02. The summed E-state index contributed by atoms with van der Waals surface area (Å²) in [4.78, 5) is 37.2. The van der Waals surface area contributed by atoms with Crippen molar-refractivity contribution >= 4 is 50.6 Å². The smallest absolute Gasteiger partial charge is 0.417 e. The molecular formula is C25H23BrF3N7O3. The van der Waals surface area contributed by atoms with Gasteiger partial charge in [-0.1, -0.05) is 15.9 Å². The van der Waals surface area contributed by atoms with Crippen molar-refractivity contribution in [2.45, 2.75) is 39.1 Å². The van der Waals surface area contributed by atoms with Crippen LogP contribution in [-0.2, 0) is 17.5 Å². The van der Waals surface area contributed by atoms with E-state index in [1.54, 1.807) is 55.9 Å². The second-order valence-electron chi connectivity index (χ2n) is 9.28. The van der Waals surface area contributed by atoms with Gasteiger partial charge in [0.2, 0.25) is 0 Å². The highest BCUT2D eigenvalue weighted by Gasteiger charge is 2.33. The number of fused-ring (bicyclic) bond motifs is 1. The van der Waals surface area contributed by atoms with Gasteiger partial charge >= 0.3 is 18.3 Å². The van der Waals surface area contributed by atoms with Gasteiger partial charge in [-0.25, -0.2) is 24.5 Å². The summed E-state index contributed by atoms with van der Waals surface area (Å²) in [5.74, 6) is 0. The Hall–Kier alpha value is -4.20. The van der Waals surface area contributed by atoms with E-state index in [-0.39, 0.29) is 16.7 Å². The summed E-state index contributed by atoms with van der Waals surface area (Å²) in [6.07, 6.45) is -2.24. The Labute approximate surface area is 229 Å². The molecule has 0 bridgehead atoms. The van der Waals surface area contributed by atoms with Crippen LogP contribution in [0.3, 0.4) is 0 Å². The zero-order valence-electron chi connectivity index (χ0n) is 20.9. The van der Waals surface area contributed by atoms with E-state index in [2.05, 4.69) is 46.8 Å². The van der Waals surface area contributed by atoms with E-state index in [0.717, 1.165) is 6.07 Å². The average Bonchev–Trinajstić information content (AvgIpc) is 3.27. The maximum Gasteiger partial charge on any atom is 0.417 e. The van der Waals surface area contributed by atoms with Gasteiger partial charge in [0.1, 0.15) is 23.8 Å². The molecule has 0 saturated carbocycles. The lowest BCUT2D eigenvalue weighted by Crippen LogP contribution is -2.32. The molecule has 2 aromatic heterocycles. The standard InChI is InChI=1S/C25H23BrF3N7O3/c1-24(2,3)39-23(38)30-11-19-20-21(32-12-31-19)36(13-33-20)16-7-4-14(5-8-16)34-22(37)35-15-6-9-18(26)17(10-15)25(27,28)29/h4-10,12-13H,11H2,1-3H3,(H,30,38)(H2,34,35,37). The minimum absolute atomic E-state index is 0.0128. The van der Waals surface area contributed by atoms with E-state index in [1.807, 2.05) is 0 Å². The molecule has 10 nitrogen and oxygen atoms in total. The van der Waals surface area contributed by atoms with Crippen molar-refractivity contribution in [3.8, 4) is 5.69 Å². The molecule has 39 heavy (non-hydrogen) atoms. The van der Waals surface area contributed by atoms with Crippen molar-refractivity contribution in [1.29, 1.82) is 0 Å². The maximum atomic E-state index is 13.1. The molecular weight excluding hydrogens is 583 g/mol. The summed E-state index contributed by atoms with van der Waals surface area (Å²) in [6.45, 7) is 5.38. The highest BCUT2D eigenvalue weighted by molar-refractivity contribution is 9.10. The van der Waals surface area contributed by atoms with Crippen LogP contribution in [0.1, 0.15) is 32.0 Å². The van der Waals surface area contributed by atoms with Crippen molar-refractivity contribution in [2.75, 3.05) is 10.6 Å². The number of carbonyl (C=O) groups excluding carboxylic acids is 2. The molecule has 0 atom stereocenters. The zero-order chi connectivity index (χ0) is 28.4. The Balaban J connectivity index is 1.44. The van der Waals surface area contributed by atoms with E-state index in [9.17, 15) is 22.8 Å². The van der Waals surface area contributed by atoms with Gasteiger partial charge in [0, 0.05) is 21.5 Å². The van der Waals surface area contributed by atoms with E-state index in [1.165, 1.54) is 18.5 Å². The van der Waals surface area contributed by atoms with Crippen LogP contribution >= 0.6 is 15.9 Å². The number of anilines is 2. The molecule has 2 heterocycles. The number of ether oxygens (including phenoxy) is 1. The number of aromatic nitrogens is 4. The molecule has 0 unspecified atom stereocenters. The molecule has 0 aliphatic heterocycles. The lowest BCUT2D eigenvalue weighted by Gasteiger charge is -2.19. The largest absolute Gasteiger partial charge is 0.444 e. The second-order valence-corrected chi connectivity index (χ2v) is 10.1.